The zero-order chi connectivity index (χ0) is 16.2. The Bertz CT molecular complexity index is 841. The van der Waals surface area contributed by atoms with E-state index >= 15 is 0 Å². The minimum Gasteiger partial charge on any atom is -0.362 e. The van der Waals surface area contributed by atoms with Crippen molar-refractivity contribution < 1.29 is 4.39 Å². The summed E-state index contributed by atoms with van der Waals surface area (Å²) in [6.45, 7) is 2.75. The van der Waals surface area contributed by atoms with Gasteiger partial charge in [-0.25, -0.2) is 4.39 Å². The number of nitrogens with one attached hydrogen (secondary N) is 3. The smallest absolute Gasteiger partial charge is 0.170 e. The molecule has 0 spiro atoms. The normalized spacial score (nSPS) is 10.7. The Labute approximate surface area is 139 Å². The summed E-state index contributed by atoms with van der Waals surface area (Å²) in [5, 5.41) is 8.05. The highest BCUT2D eigenvalue weighted by Gasteiger charge is 2.05. The monoisotopic (exact) mass is 327 g/mol. The molecule has 3 aromatic rings. The fourth-order valence-corrected chi connectivity index (χ4v) is 2.77. The van der Waals surface area contributed by atoms with E-state index in [-0.39, 0.29) is 5.82 Å². The van der Waals surface area contributed by atoms with Gasteiger partial charge in [0.2, 0.25) is 0 Å². The van der Waals surface area contributed by atoms with Crippen molar-refractivity contribution in [2.75, 3.05) is 11.9 Å². The van der Waals surface area contributed by atoms with Gasteiger partial charge in [-0.15, -0.1) is 0 Å². The molecule has 1 aromatic heterocycles. The number of halogens is 1. The number of hydrogen-bond acceptors (Lipinski definition) is 1. The molecule has 0 aliphatic heterocycles. The number of fused-ring (bicyclic) bond motifs is 1. The summed E-state index contributed by atoms with van der Waals surface area (Å²) in [4.78, 5) is 3.10. The van der Waals surface area contributed by atoms with E-state index < -0.39 is 0 Å². The van der Waals surface area contributed by atoms with E-state index in [4.69, 9.17) is 12.2 Å². The third kappa shape index (κ3) is 3.68. The van der Waals surface area contributed by atoms with Crippen LogP contribution < -0.4 is 10.6 Å². The topological polar surface area (TPSA) is 39.8 Å². The Balaban J connectivity index is 1.56. The van der Waals surface area contributed by atoms with Crippen LogP contribution in [0.1, 0.15) is 11.1 Å². The lowest BCUT2D eigenvalue weighted by molar-refractivity contribution is 0.629. The first-order valence-electron chi connectivity index (χ1n) is 7.49. The Morgan fingerprint density at radius 3 is 2.87 bits per heavy atom. The number of H-pyrrole nitrogens is 1. The van der Waals surface area contributed by atoms with Crippen LogP contribution in [0.25, 0.3) is 10.9 Å². The lowest BCUT2D eigenvalue weighted by Crippen LogP contribution is -2.30. The predicted octanol–water partition coefficient (Wildman–Crippen LogP) is 4.14. The SMILES string of the molecule is Cc1ccccc1NC(=S)NCCc1c[nH]c2cc(F)ccc12. The van der Waals surface area contributed by atoms with Gasteiger partial charge in [-0.05, 0) is 61.0 Å². The number of aromatic nitrogens is 1. The van der Waals surface area contributed by atoms with Gasteiger partial charge in [0.05, 0.1) is 0 Å². The van der Waals surface area contributed by atoms with Crippen LogP contribution in [0.2, 0.25) is 0 Å². The zero-order valence-electron chi connectivity index (χ0n) is 12.8. The van der Waals surface area contributed by atoms with Crippen molar-refractivity contribution in [2.24, 2.45) is 0 Å². The van der Waals surface area contributed by atoms with E-state index in [1.165, 1.54) is 12.1 Å². The fourth-order valence-electron chi connectivity index (χ4n) is 2.56. The van der Waals surface area contributed by atoms with Crippen LogP contribution in [0.4, 0.5) is 10.1 Å². The Morgan fingerprint density at radius 1 is 1.22 bits per heavy atom. The molecule has 0 atom stereocenters. The number of para-hydroxylation sites is 1. The van der Waals surface area contributed by atoms with Gasteiger partial charge in [-0.1, -0.05) is 18.2 Å². The van der Waals surface area contributed by atoms with E-state index in [1.807, 2.05) is 37.4 Å². The van der Waals surface area contributed by atoms with Gasteiger partial charge < -0.3 is 15.6 Å². The van der Waals surface area contributed by atoms with Gasteiger partial charge >= 0.3 is 0 Å². The van der Waals surface area contributed by atoms with Crippen LogP contribution in [0, 0.1) is 12.7 Å². The van der Waals surface area contributed by atoms with Crippen LogP contribution in [0.5, 0.6) is 0 Å². The summed E-state index contributed by atoms with van der Waals surface area (Å²) >= 11 is 5.32. The van der Waals surface area contributed by atoms with Crippen molar-refractivity contribution in [2.45, 2.75) is 13.3 Å². The summed E-state index contributed by atoms with van der Waals surface area (Å²) in [5.74, 6) is -0.229. The molecule has 0 radical (unpaired) electrons. The lowest BCUT2D eigenvalue weighted by Gasteiger charge is -2.12. The van der Waals surface area contributed by atoms with Crippen LogP contribution in [-0.4, -0.2) is 16.6 Å². The maximum atomic E-state index is 13.2. The largest absolute Gasteiger partial charge is 0.362 e. The van der Waals surface area contributed by atoms with Crippen molar-refractivity contribution in [3.05, 3.63) is 65.6 Å². The molecular formula is C18H18FN3S. The highest BCUT2D eigenvalue weighted by Crippen LogP contribution is 2.19. The zero-order valence-corrected chi connectivity index (χ0v) is 13.6. The molecule has 0 fully saturated rings. The second kappa shape index (κ2) is 6.79. The number of anilines is 1. The molecule has 0 bridgehead atoms. The van der Waals surface area contributed by atoms with Gasteiger partial charge in [-0.3, -0.25) is 0 Å². The van der Waals surface area contributed by atoms with Crippen molar-refractivity contribution in [1.82, 2.24) is 10.3 Å². The molecular weight excluding hydrogens is 309 g/mol. The van der Waals surface area contributed by atoms with E-state index in [9.17, 15) is 4.39 Å². The maximum Gasteiger partial charge on any atom is 0.170 e. The average molecular weight is 327 g/mol. The van der Waals surface area contributed by atoms with Crippen LogP contribution in [0.3, 0.4) is 0 Å². The minimum absolute atomic E-state index is 0.229. The first-order valence-corrected chi connectivity index (χ1v) is 7.90. The molecule has 1 heterocycles. The molecule has 0 saturated heterocycles. The summed E-state index contributed by atoms with van der Waals surface area (Å²) in [6.07, 6.45) is 2.73. The summed E-state index contributed by atoms with van der Waals surface area (Å²) in [7, 11) is 0. The quantitative estimate of drug-likeness (QED) is 0.631. The number of aromatic amines is 1. The molecule has 3 N–H and O–H groups in total. The fraction of sp³-hybridized carbons (Fsp3) is 0.167. The van der Waals surface area contributed by atoms with Gasteiger partial charge in [0.1, 0.15) is 5.82 Å². The van der Waals surface area contributed by atoms with E-state index in [0.717, 1.165) is 34.1 Å². The molecule has 0 amide bonds. The Kier molecular flexibility index (Phi) is 4.57. The minimum atomic E-state index is -0.229. The highest BCUT2D eigenvalue weighted by atomic mass is 32.1. The number of aryl methyl sites for hydroxylation is 1. The Hall–Kier alpha value is -2.40. The molecule has 0 saturated carbocycles. The molecule has 23 heavy (non-hydrogen) atoms. The van der Waals surface area contributed by atoms with Crippen molar-refractivity contribution >= 4 is 33.9 Å². The average Bonchev–Trinajstić information content (AvgIpc) is 2.92. The van der Waals surface area contributed by atoms with Gasteiger partial charge in [0.15, 0.2) is 5.11 Å². The van der Waals surface area contributed by atoms with Crippen molar-refractivity contribution in [3.63, 3.8) is 0 Å². The van der Waals surface area contributed by atoms with Crippen LogP contribution >= 0.6 is 12.2 Å². The first kappa shape index (κ1) is 15.5. The van der Waals surface area contributed by atoms with E-state index in [1.54, 1.807) is 6.07 Å². The highest BCUT2D eigenvalue weighted by molar-refractivity contribution is 7.80. The van der Waals surface area contributed by atoms with Gasteiger partial charge in [0.25, 0.3) is 0 Å². The third-order valence-corrected chi connectivity index (χ3v) is 4.05. The number of hydrogen-bond donors (Lipinski definition) is 3. The number of benzene rings is 2. The van der Waals surface area contributed by atoms with E-state index in [2.05, 4.69) is 15.6 Å². The van der Waals surface area contributed by atoms with Crippen molar-refractivity contribution in [3.8, 4) is 0 Å². The second-order valence-corrected chi connectivity index (χ2v) is 5.86. The molecule has 0 aliphatic carbocycles. The molecule has 3 nitrogen and oxygen atoms in total. The summed E-state index contributed by atoms with van der Waals surface area (Å²) in [6, 6.07) is 12.8. The second-order valence-electron chi connectivity index (χ2n) is 5.45. The number of rotatable bonds is 4. The molecule has 2 aromatic carbocycles. The molecule has 0 unspecified atom stereocenters. The molecule has 3 rings (SSSR count). The summed E-state index contributed by atoms with van der Waals surface area (Å²) in [5.41, 5.74) is 4.12. The Morgan fingerprint density at radius 2 is 2.04 bits per heavy atom. The molecule has 0 aliphatic rings. The third-order valence-electron chi connectivity index (χ3n) is 3.80. The summed E-state index contributed by atoms with van der Waals surface area (Å²) < 4.78 is 13.2. The van der Waals surface area contributed by atoms with E-state index in [0.29, 0.717) is 11.7 Å². The van der Waals surface area contributed by atoms with Gasteiger partial charge in [0, 0.05) is 29.3 Å². The maximum absolute atomic E-state index is 13.2. The molecule has 5 heteroatoms. The van der Waals surface area contributed by atoms with Crippen molar-refractivity contribution in [1.29, 1.82) is 0 Å². The van der Waals surface area contributed by atoms with Gasteiger partial charge in [-0.2, -0.15) is 0 Å². The number of thiocarbonyl (C=S) groups is 1. The van der Waals surface area contributed by atoms with Crippen LogP contribution in [-0.2, 0) is 6.42 Å². The molecule has 118 valence electrons. The first-order chi connectivity index (χ1) is 11.1. The lowest BCUT2D eigenvalue weighted by atomic mass is 10.1. The standard InChI is InChI=1S/C18H18FN3S/c1-12-4-2-3-5-16(12)22-18(23)20-9-8-13-11-21-17-10-14(19)6-7-15(13)17/h2-7,10-11,21H,8-9H2,1H3,(H2,20,22,23). The van der Waals surface area contributed by atoms with Crippen LogP contribution in [0.15, 0.2) is 48.7 Å². The predicted molar refractivity (Wildman–Crippen MR) is 97.4 cm³/mol.